The van der Waals surface area contributed by atoms with Gasteiger partial charge in [0.1, 0.15) is 17.4 Å². The van der Waals surface area contributed by atoms with Gasteiger partial charge in [-0.1, -0.05) is 0 Å². The molecule has 0 spiro atoms. The van der Waals surface area contributed by atoms with Gasteiger partial charge in [0.15, 0.2) is 5.78 Å². The molecule has 2 N–H and O–H groups in total. The van der Waals surface area contributed by atoms with Gasteiger partial charge >= 0.3 is 12.3 Å². The number of Topliss-reactive ketones (excluding diaryl/α,β-unsaturated/α-hetero) is 1. The summed E-state index contributed by atoms with van der Waals surface area (Å²) in [5, 5.41) is 13.4. The summed E-state index contributed by atoms with van der Waals surface area (Å²) in [6, 6.07) is 5.98. The molecule has 0 bridgehead atoms. The molecule has 1 heterocycles. The van der Waals surface area contributed by atoms with Crippen LogP contribution in [-0.2, 0) is 15.7 Å². The monoisotopic (exact) mass is 462 g/mol. The van der Waals surface area contributed by atoms with E-state index >= 15 is 0 Å². The summed E-state index contributed by atoms with van der Waals surface area (Å²) in [6.45, 7) is 6.02. The number of anilines is 2. The summed E-state index contributed by atoms with van der Waals surface area (Å²) in [6.07, 6.45) is -5.14. The first-order valence-corrected chi connectivity index (χ1v) is 9.60. The summed E-state index contributed by atoms with van der Waals surface area (Å²) < 4.78 is 45.2. The number of amides is 2. The number of rotatable bonds is 5. The van der Waals surface area contributed by atoms with Crippen LogP contribution in [0.4, 0.5) is 29.3 Å². The fourth-order valence-electron chi connectivity index (χ4n) is 2.74. The number of hydrogen-bond acceptors (Lipinski definition) is 6. The zero-order valence-electron chi connectivity index (χ0n) is 18.3. The SMILES string of the molecule is Cc1cc(NC(=O)OC(C)(C)C)c(NC(=O)CC(=O)c2ccnc(C#N)c2)cc1C(F)(F)F. The van der Waals surface area contributed by atoms with E-state index in [-0.39, 0.29) is 28.2 Å². The third-order valence-corrected chi connectivity index (χ3v) is 4.10. The Morgan fingerprint density at radius 2 is 1.73 bits per heavy atom. The van der Waals surface area contributed by atoms with Crippen LogP contribution in [0.15, 0.2) is 30.5 Å². The first-order chi connectivity index (χ1) is 15.2. The van der Waals surface area contributed by atoms with E-state index in [1.165, 1.54) is 25.3 Å². The predicted molar refractivity (Wildman–Crippen MR) is 113 cm³/mol. The molecule has 0 radical (unpaired) electrons. The van der Waals surface area contributed by atoms with Crippen molar-refractivity contribution in [3.8, 4) is 6.07 Å². The molecule has 0 saturated carbocycles. The predicted octanol–water partition coefficient (Wildman–Crippen LogP) is 4.84. The first-order valence-electron chi connectivity index (χ1n) is 9.60. The molecule has 0 fully saturated rings. The molecule has 0 unspecified atom stereocenters. The highest BCUT2D eigenvalue weighted by molar-refractivity contribution is 6.12. The number of carbonyl (C=O) groups excluding carboxylic acids is 3. The van der Waals surface area contributed by atoms with Crippen molar-refractivity contribution < 1.29 is 32.3 Å². The van der Waals surface area contributed by atoms with Crippen molar-refractivity contribution in [2.75, 3.05) is 10.6 Å². The zero-order chi connectivity index (χ0) is 25.0. The Hall–Kier alpha value is -3.94. The third-order valence-electron chi connectivity index (χ3n) is 4.10. The minimum absolute atomic E-state index is 0.0292. The molecular formula is C22H21F3N4O4. The number of carbonyl (C=O) groups is 3. The topological polar surface area (TPSA) is 121 Å². The van der Waals surface area contributed by atoms with Crippen LogP contribution in [-0.4, -0.2) is 28.4 Å². The highest BCUT2D eigenvalue weighted by Crippen LogP contribution is 2.37. The van der Waals surface area contributed by atoms with Crippen molar-refractivity contribution >= 4 is 29.2 Å². The van der Waals surface area contributed by atoms with Gasteiger partial charge in [0, 0.05) is 11.8 Å². The normalized spacial score (nSPS) is 11.3. The van der Waals surface area contributed by atoms with Crippen LogP contribution < -0.4 is 10.6 Å². The second-order valence-electron chi connectivity index (χ2n) is 8.03. The molecule has 2 aromatic rings. The van der Waals surface area contributed by atoms with Crippen LogP contribution >= 0.6 is 0 Å². The van der Waals surface area contributed by atoms with E-state index in [4.69, 9.17) is 10.00 Å². The van der Waals surface area contributed by atoms with Gasteiger partial charge in [-0.25, -0.2) is 9.78 Å². The maximum Gasteiger partial charge on any atom is 0.416 e. The lowest BCUT2D eigenvalue weighted by molar-refractivity contribution is -0.138. The lowest BCUT2D eigenvalue weighted by Gasteiger charge is -2.21. The number of hydrogen-bond donors (Lipinski definition) is 2. The average Bonchev–Trinajstić information content (AvgIpc) is 2.67. The third kappa shape index (κ3) is 7.31. The molecule has 0 atom stereocenters. The Kier molecular flexibility index (Phi) is 7.43. The number of nitrogens with zero attached hydrogens (tertiary/aromatic N) is 2. The summed E-state index contributed by atoms with van der Waals surface area (Å²) in [5.74, 6) is -1.59. The van der Waals surface area contributed by atoms with E-state index < -0.39 is 41.5 Å². The summed E-state index contributed by atoms with van der Waals surface area (Å²) >= 11 is 0. The summed E-state index contributed by atoms with van der Waals surface area (Å²) in [4.78, 5) is 40.6. The van der Waals surface area contributed by atoms with Crippen molar-refractivity contribution in [1.82, 2.24) is 4.98 Å². The van der Waals surface area contributed by atoms with E-state index in [1.54, 1.807) is 26.8 Å². The maximum atomic E-state index is 13.4. The van der Waals surface area contributed by atoms with Crippen LogP contribution in [0.2, 0.25) is 0 Å². The number of alkyl halides is 3. The quantitative estimate of drug-likeness (QED) is 0.485. The van der Waals surface area contributed by atoms with Crippen molar-refractivity contribution in [1.29, 1.82) is 5.26 Å². The van der Waals surface area contributed by atoms with Crippen LogP contribution in [0.1, 0.15) is 54.4 Å². The molecule has 0 aliphatic carbocycles. The van der Waals surface area contributed by atoms with Gasteiger partial charge in [-0.05, 0) is 57.5 Å². The molecule has 1 aromatic carbocycles. The highest BCUT2D eigenvalue weighted by Gasteiger charge is 2.34. The largest absolute Gasteiger partial charge is 0.444 e. The molecule has 33 heavy (non-hydrogen) atoms. The molecule has 0 saturated heterocycles. The van der Waals surface area contributed by atoms with E-state index in [0.29, 0.717) is 6.07 Å². The molecular weight excluding hydrogens is 441 g/mol. The summed E-state index contributed by atoms with van der Waals surface area (Å²) in [5.41, 5.74) is -2.55. The number of aryl methyl sites for hydroxylation is 1. The van der Waals surface area contributed by atoms with Gasteiger partial charge < -0.3 is 10.1 Å². The van der Waals surface area contributed by atoms with Gasteiger partial charge in [-0.2, -0.15) is 18.4 Å². The van der Waals surface area contributed by atoms with Gasteiger partial charge in [0.25, 0.3) is 0 Å². The average molecular weight is 462 g/mol. The van der Waals surface area contributed by atoms with Gasteiger partial charge in [-0.15, -0.1) is 0 Å². The Bertz CT molecular complexity index is 1130. The number of aromatic nitrogens is 1. The van der Waals surface area contributed by atoms with Crippen molar-refractivity contribution in [3.63, 3.8) is 0 Å². The second kappa shape index (κ2) is 9.68. The molecule has 2 rings (SSSR count). The molecule has 2 amide bonds. The van der Waals surface area contributed by atoms with Gasteiger partial charge in [-0.3, -0.25) is 14.9 Å². The van der Waals surface area contributed by atoms with Crippen LogP contribution in [0, 0.1) is 18.3 Å². The number of ether oxygens (including phenoxy) is 1. The van der Waals surface area contributed by atoms with E-state index in [2.05, 4.69) is 15.6 Å². The summed E-state index contributed by atoms with van der Waals surface area (Å²) in [7, 11) is 0. The number of nitriles is 1. The zero-order valence-corrected chi connectivity index (χ0v) is 18.3. The number of halogens is 3. The maximum absolute atomic E-state index is 13.4. The van der Waals surface area contributed by atoms with Crippen molar-refractivity contribution in [3.05, 3.63) is 52.8 Å². The fourth-order valence-corrected chi connectivity index (χ4v) is 2.74. The Morgan fingerprint density at radius 3 is 2.30 bits per heavy atom. The van der Waals surface area contributed by atoms with Crippen LogP contribution in [0.3, 0.4) is 0 Å². The fraction of sp³-hybridized carbons (Fsp3) is 0.318. The molecule has 0 aliphatic heterocycles. The lowest BCUT2D eigenvalue weighted by atomic mass is 10.0. The van der Waals surface area contributed by atoms with E-state index in [1.807, 2.05) is 0 Å². The van der Waals surface area contributed by atoms with Crippen LogP contribution in [0.5, 0.6) is 0 Å². The Morgan fingerprint density at radius 1 is 1.09 bits per heavy atom. The smallest absolute Gasteiger partial charge is 0.416 e. The second-order valence-corrected chi connectivity index (χ2v) is 8.03. The van der Waals surface area contributed by atoms with Gasteiger partial charge in [0.2, 0.25) is 5.91 Å². The van der Waals surface area contributed by atoms with Crippen molar-refractivity contribution in [2.24, 2.45) is 0 Å². The minimum Gasteiger partial charge on any atom is -0.444 e. The number of ketones is 1. The van der Waals surface area contributed by atoms with E-state index in [9.17, 15) is 27.6 Å². The number of pyridine rings is 1. The highest BCUT2D eigenvalue weighted by atomic mass is 19.4. The molecule has 8 nitrogen and oxygen atoms in total. The lowest BCUT2D eigenvalue weighted by Crippen LogP contribution is -2.28. The standard InChI is InChI=1S/C22H21F3N4O4/c1-12-7-16(29-20(32)33-21(2,3)4)17(9-15(12)22(23,24)25)28-19(31)10-18(30)13-5-6-27-14(8-13)11-26/h5-9H,10H2,1-4H3,(H,28,31)(H,29,32). The van der Waals surface area contributed by atoms with Gasteiger partial charge in [0.05, 0.1) is 23.4 Å². The number of nitrogens with one attached hydrogen (secondary N) is 2. The Balaban J connectivity index is 2.31. The molecule has 0 aliphatic rings. The van der Waals surface area contributed by atoms with Crippen LogP contribution in [0.25, 0.3) is 0 Å². The minimum atomic E-state index is -4.71. The van der Waals surface area contributed by atoms with Crippen molar-refractivity contribution in [2.45, 2.75) is 45.9 Å². The molecule has 11 heteroatoms. The first kappa shape index (κ1) is 25.3. The number of benzene rings is 1. The molecule has 174 valence electrons. The Labute approximate surface area is 187 Å². The molecule has 1 aromatic heterocycles. The van der Waals surface area contributed by atoms with E-state index in [0.717, 1.165) is 6.07 Å².